The van der Waals surface area contributed by atoms with E-state index in [2.05, 4.69) is 4.98 Å². The van der Waals surface area contributed by atoms with Crippen LogP contribution in [0.15, 0.2) is 30.3 Å². The number of pyridine rings is 1. The second-order valence-electron chi connectivity index (χ2n) is 2.57. The van der Waals surface area contributed by atoms with Gasteiger partial charge in [-0.3, -0.25) is 0 Å². The first-order chi connectivity index (χ1) is 5.75. The molecule has 0 radical (unpaired) electrons. The molecule has 0 saturated carbocycles. The minimum absolute atomic E-state index is 0.518. The summed E-state index contributed by atoms with van der Waals surface area (Å²) in [4.78, 5) is 4.13. The molecule has 3 heteroatoms. The number of hydrogen-bond donors (Lipinski definition) is 1. The highest BCUT2D eigenvalue weighted by Crippen LogP contribution is 2.18. The summed E-state index contributed by atoms with van der Waals surface area (Å²) < 4.78 is 0. The van der Waals surface area contributed by atoms with Gasteiger partial charge < -0.3 is 5.73 Å². The van der Waals surface area contributed by atoms with Gasteiger partial charge >= 0.3 is 0 Å². The van der Waals surface area contributed by atoms with Crippen molar-refractivity contribution in [3.8, 4) is 0 Å². The Morgan fingerprint density at radius 2 is 1.92 bits per heavy atom. The Morgan fingerprint density at radius 1 is 1.17 bits per heavy atom. The van der Waals surface area contributed by atoms with Crippen LogP contribution in [0.1, 0.15) is 0 Å². The maximum atomic E-state index is 5.79. The molecule has 2 aromatic rings. The molecule has 0 spiro atoms. The second kappa shape index (κ2) is 2.64. The van der Waals surface area contributed by atoms with E-state index in [1.807, 2.05) is 18.2 Å². The molecule has 0 saturated heterocycles. The van der Waals surface area contributed by atoms with E-state index >= 15 is 0 Å². The van der Waals surface area contributed by atoms with Crippen molar-refractivity contribution in [2.24, 2.45) is 0 Å². The molecule has 0 amide bonds. The summed E-state index contributed by atoms with van der Waals surface area (Å²) >= 11 is 5.79. The zero-order chi connectivity index (χ0) is 8.55. The van der Waals surface area contributed by atoms with E-state index in [4.69, 9.17) is 17.3 Å². The number of nitrogens with two attached hydrogens (primary N) is 1. The third-order valence-electron chi connectivity index (χ3n) is 1.68. The van der Waals surface area contributed by atoms with Crippen molar-refractivity contribution in [1.82, 2.24) is 4.98 Å². The molecule has 1 aromatic carbocycles. The average Bonchev–Trinajstić information content (AvgIpc) is 2.03. The molecule has 0 aliphatic heterocycles. The molecule has 2 N–H and O–H groups in total. The Hall–Kier alpha value is -1.28. The van der Waals surface area contributed by atoms with Crippen LogP contribution in [-0.4, -0.2) is 4.98 Å². The molecule has 2 nitrogen and oxygen atoms in total. The summed E-state index contributed by atoms with van der Waals surface area (Å²) in [5.74, 6) is 0.518. The standard InChI is InChI=1S/C9H7ClN2/c10-7-3-1-6-2-4-9(11)12-8(6)5-7/h1-5H,(H2,11,12). The molecule has 0 aliphatic carbocycles. The molecule has 0 bridgehead atoms. The molecule has 1 heterocycles. The third-order valence-corrected chi connectivity index (χ3v) is 1.91. The summed E-state index contributed by atoms with van der Waals surface area (Å²) in [5, 5.41) is 1.73. The average molecular weight is 179 g/mol. The Kier molecular flexibility index (Phi) is 1.62. The van der Waals surface area contributed by atoms with Gasteiger partial charge in [-0.25, -0.2) is 4.98 Å². The highest BCUT2D eigenvalue weighted by Gasteiger charge is 1.95. The van der Waals surface area contributed by atoms with Crippen molar-refractivity contribution >= 4 is 28.3 Å². The summed E-state index contributed by atoms with van der Waals surface area (Å²) in [6.07, 6.45) is 0. The lowest BCUT2D eigenvalue weighted by Gasteiger charge is -1.97. The fraction of sp³-hybridized carbons (Fsp3) is 0. The van der Waals surface area contributed by atoms with Gasteiger partial charge in [0.25, 0.3) is 0 Å². The quantitative estimate of drug-likeness (QED) is 0.673. The van der Waals surface area contributed by atoms with E-state index in [1.165, 1.54) is 0 Å². The SMILES string of the molecule is Nc1ccc2ccc(Cl)cc2n1. The van der Waals surface area contributed by atoms with Crippen LogP contribution in [0.25, 0.3) is 10.9 Å². The molecule has 60 valence electrons. The lowest BCUT2D eigenvalue weighted by molar-refractivity contribution is 1.42. The first-order valence-electron chi connectivity index (χ1n) is 3.57. The highest BCUT2D eigenvalue weighted by molar-refractivity contribution is 6.31. The fourth-order valence-corrected chi connectivity index (χ4v) is 1.27. The molecule has 2 rings (SSSR count). The van der Waals surface area contributed by atoms with Gasteiger partial charge in [-0.05, 0) is 24.3 Å². The number of nitrogens with zero attached hydrogens (tertiary/aromatic N) is 1. The summed E-state index contributed by atoms with van der Waals surface area (Å²) in [6, 6.07) is 9.25. The van der Waals surface area contributed by atoms with Gasteiger partial charge in [0.1, 0.15) is 5.82 Å². The van der Waals surface area contributed by atoms with Crippen molar-refractivity contribution in [2.45, 2.75) is 0 Å². The first kappa shape index (κ1) is 7.37. The number of aromatic nitrogens is 1. The van der Waals surface area contributed by atoms with Gasteiger partial charge in [-0.2, -0.15) is 0 Å². The van der Waals surface area contributed by atoms with E-state index in [0.717, 1.165) is 10.9 Å². The zero-order valence-electron chi connectivity index (χ0n) is 6.29. The maximum Gasteiger partial charge on any atom is 0.124 e. The van der Waals surface area contributed by atoms with Crippen molar-refractivity contribution in [2.75, 3.05) is 5.73 Å². The van der Waals surface area contributed by atoms with E-state index in [-0.39, 0.29) is 0 Å². The van der Waals surface area contributed by atoms with Gasteiger partial charge in [0, 0.05) is 10.4 Å². The van der Waals surface area contributed by atoms with Crippen molar-refractivity contribution in [3.63, 3.8) is 0 Å². The van der Waals surface area contributed by atoms with Crippen LogP contribution in [0.3, 0.4) is 0 Å². The number of fused-ring (bicyclic) bond motifs is 1. The predicted molar refractivity (Wildman–Crippen MR) is 51.2 cm³/mol. The van der Waals surface area contributed by atoms with Gasteiger partial charge in [0.05, 0.1) is 5.52 Å². The largest absolute Gasteiger partial charge is 0.384 e. The summed E-state index contributed by atoms with van der Waals surface area (Å²) in [6.45, 7) is 0. The topological polar surface area (TPSA) is 38.9 Å². The van der Waals surface area contributed by atoms with Crippen LogP contribution < -0.4 is 5.73 Å². The van der Waals surface area contributed by atoms with E-state index in [9.17, 15) is 0 Å². The van der Waals surface area contributed by atoms with Gasteiger partial charge in [-0.15, -0.1) is 0 Å². The number of halogens is 1. The summed E-state index contributed by atoms with van der Waals surface area (Å²) in [7, 11) is 0. The van der Waals surface area contributed by atoms with Crippen LogP contribution in [0.4, 0.5) is 5.82 Å². The fourth-order valence-electron chi connectivity index (χ4n) is 1.11. The number of hydrogen-bond acceptors (Lipinski definition) is 2. The van der Waals surface area contributed by atoms with Crippen molar-refractivity contribution < 1.29 is 0 Å². The smallest absolute Gasteiger partial charge is 0.124 e. The third kappa shape index (κ3) is 1.21. The predicted octanol–water partition coefficient (Wildman–Crippen LogP) is 2.47. The molecule has 12 heavy (non-hydrogen) atoms. The van der Waals surface area contributed by atoms with E-state index in [1.54, 1.807) is 12.1 Å². The number of nitrogen functional groups attached to an aromatic ring is 1. The van der Waals surface area contributed by atoms with E-state index in [0.29, 0.717) is 10.8 Å². The van der Waals surface area contributed by atoms with Crippen molar-refractivity contribution in [3.05, 3.63) is 35.4 Å². The molecule has 0 fully saturated rings. The molecular weight excluding hydrogens is 172 g/mol. The zero-order valence-corrected chi connectivity index (χ0v) is 7.05. The Balaban J connectivity index is 2.80. The molecule has 0 aliphatic rings. The molecule has 0 unspecified atom stereocenters. The normalized spacial score (nSPS) is 10.4. The van der Waals surface area contributed by atoms with Gasteiger partial charge in [-0.1, -0.05) is 17.7 Å². The lowest BCUT2D eigenvalue weighted by Crippen LogP contribution is -1.88. The van der Waals surface area contributed by atoms with Gasteiger partial charge in [0.2, 0.25) is 0 Å². The number of anilines is 1. The van der Waals surface area contributed by atoms with Crippen LogP contribution in [0.2, 0.25) is 5.02 Å². The minimum atomic E-state index is 0.518. The van der Waals surface area contributed by atoms with E-state index < -0.39 is 0 Å². The monoisotopic (exact) mass is 178 g/mol. The minimum Gasteiger partial charge on any atom is -0.384 e. The number of benzene rings is 1. The Bertz CT molecular complexity index is 389. The molecule has 0 atom stereocenters. The maximum absolute atomic E-state index is 5.79. The van der Waals surface area contributed by atoms with Crippen molar-refractivity contribution in [1.29, 1.82) is 0 Å². The Morgan fingerprint density at radius 3 is 2.75 bits per heavy atom. The van der Waals surface area contributed by atoms with Crippen LogP contribution in [0.5, 0.6) is 0 Å². The van der Waals surface area contributed by atoms with Crippen LogP contribution >= 0.6 is 11.6 Å². The molecule has 1 aromatic heterocycles. The molecular formula is C9H7ClN2. The first-order valence-corrected chi connectivity index (χ1v) is 3.95. The summed E-state index contributed by atoms with van der Waals surface area (Å²) in [5.41, 5.74) is 6.36. The van der Waals surface area contributed by atoms with Crippen LogP contribution in [-0.2, 0) is 0 Å². The number of rotatable bonds is 0. The van der Waals surface area contributed by atoms with Gasteiger partial charge in [0.15, 0.2) is 0 Å². The lowest BCUT2D eigenvalue weighted by atomic mass is 10.2. The second-order valence-corrected chi connectivity index (χ2v) is 3.01. The highest BCUT2D eigenvalue weighted by atomic mass is 35.5. The Labute approximate surface area is 75.0 Å². The van der Waals surface area contributed by atoms with Crippen LogP contribution in [0, 0.1) is 0 Å².